The quantitative estimate of drug-likeness (QED) is 0.384. The highest BCUT2D eigenvalue weighted by Crippen LogP contribution is 2.48. The predicted octanol–water partition coefficient (Wildman–Crippen LogP) is 6.67. The number of anilines is 2. The van der Waals surface area contributed by atoms with E-state index >= 15 is 0 Å². The van der Waals surface area contributed by atoms with Crippen molar-refractivity contribution in [2.45, 2.75) is 72.3 Å². The molecule has 1 aromatic heterocycles. The minimum Gasteiger partial charge on any atom is -0.495 e. The number of ketones is 1. The Labute approximate surface area is 231 Å². The molecule has 1 aliphatic carbocycles. The van der Waals surface area contributed by atoms with Crippen LogP contribution in [0.5, 0.6) is 5.75 Å². The van der Waals surface area contributed by atoms with Crippen LogP contribution in [0.3, 0.4) is 0 Å². The number of aromatic nitrogens is 2. The molecule has 1 saturated carbocycles. The Bertz CT molecular complexity index is 1420. The van der Waals surface area contributed by atoms with Crippen LogP contribution in [-0.2, 0) is 4.79 Å². The van der Waals surface area contributed by atoms with Crippen molar-refractivity contribution in [2.24, 2.45) is 11.3 Å². The maximum absolute atomic E-state index is 11.9. The maximum atomic E-state index is 11.9. The molecule has 204 valence electrons. The Morgan fingerprint density at radius 1 is 1.15 bits per heavy atom. The van der Waals surface area contributed by atoms with Gasteiger partial charge < -0.3 is 15.0 Å². The van der Waals surface area contributed by atoms with E-state index in [1.165, 1.54) is 0 Å². The standard InChI is InChI=1S/C32H39N5O2/c1-20-25(19-33)7-6-8-26(20)21(2)34-31-27-17-29(30(39-5)18-28(27)35-23(4)36-31)37-15-13-32(14-16-37)11-9-24(10-12-32)22(3)38/h6-8,17-18,21,24H,9-16H2,1-5H3,(H,34,35,36)/t21-/m1/s1. The molecule has 7 heteroatoms. The van der Waals surface area contributed by atoms with Crippen molar-refractivity contribution in [3.05, 3.63) is 52.8 Å². The van der Waals surface area contributed by atoms with E-state index in [2.05, 4.69) is 35.3 Å². The number of nitriles is 1. The lowest BCUT2D eigenvalue weighted by Gasteiger charge is -2.46. The highest BCUT2D eigenvalue weighted by Gasteiger charge is 2.39. The van der Waals surface area contributed by atoms with Crippen molar-refractivity contribution in [3.63, 3.8) is 0 Å². The van der Waals surface area contributed by atoms with E-state index in [4.69, 9.17) is 14.7 Å². The lowest BCUT2D eigenvalue weighted by Crippen LogP contribution is -2.42. The third-order valence-corrected chi connectivity index (χ3v) is 9.21. The number of fused-ring (bicyclic) bond motifs is 1. The minimum absolute atomic E-state index is 0.0404. The first-order valence-electron chi connectivity index (χ1n) is 14.1. The van der Waals surface area contributed by atoms with Crippen molar-refractivity contribution in [1.82, 2.24) is 9.97 Å². The molecule has 2 aromatic carbocycles. The number of benzene rings is 2. The van der Waals surface area contributed by atoms with Gasteiger partial charge in [-0.3, -0.25) is 4.79 Å². The SMILES string of the molecule is COc1cc2nc(C)nc(N[C@H](C)c3cccc(C#N)c3C)c2cc1N1CCC2(CCC(C(C)=O)CC2)CC1. The van der Waals surface area contributed by atoms with Gasteiger partial charge in [0.05, 0.1) is 36.0 Å². The molecule has 39 heavy (non-hydrogen) atoms. The largest absolute Gasteiger partial charge is 0.495 e. The van der Waals surface area contributed by atoms with E-state index in [1.54, 1.807) is 14.0 Å². The zero-order valence-corrected chi connectivity index (χ0v) is 23.8. The summed E-state index contributed by atoms with van der Waals surface area (Å²) in [5, 5.41) is 14.1. The molecule has 3 aromatic rings. The number of Topliss-reactive ketones (excluding diaryl/α,β-unsaturated/α-hetero) is 1. The second kappa shape index (κ2) is 10.8. The summed E-state index contributed by atoms with van der Waals surface area (Å²) in [7, 11) is 1.72. The molecule has 2 fully saturated rings. The van der Waals surface area contributed by atoms with Gasteiger partial charge in [-0.1, -0.05) is 12.1 Å². The van der Waals surface area contributed by atoms with Crippen molar-refractivity contribution >= 4 is 28.2 Å². The average molecular weight is 526 g/mol. The zero-order chi connectivity index (χ0) is 27.7. The molecule has 1 aliphatic heterocycles. The molecule has 7 nitrogen and oxygen atoms in total. The summed E-state index contributed by atoms with van der Waals surface area (Å²) in [6, 6.07) is 12.3. The Morgan fingerprint density at radius 3 is 2.51 bits per heavy atom. The average Bonchev–Trinajstić information content (AvgIpc) is 2.93. The van der Waals surface area contributed by atoms with Gasteiger partial charge in [-0.15, -0.1) is 0 Å². The number of hydrogen-bond donors (Lipinski definition) is 1. The van der Waals surface area contributed by atoms with Gasteiger partial charge in [0.15, 0.2) is 0 Å². The van der Waals surface area contributed by atoms with E-state index < -0.39 is 0 Å². The number of methoxy groups -OCH3 is 1. The minimum atomic E-state index is -0.0404. The van der Waals surface area contributed by atoms with E-state index in [0.717, 1.165) is 90.9 Å². The fourth-order valence-electron chi connectivity index (χ4n) is 6.67. The van der Waals surface area contributed by atoms with Gasteiger partial charge in [0.2, 0.25) is 0 Å². The number of nitrogens with one attached hydrogen (secondary N) is 1. The van der Waals surface area contributed by atoms with Crippen LogP contribution in [0, 0.1) is 36.5 Å². The highest BCUT2D eigenvalue weighted by molar-refractivity contribution is 5.94. The van der Waals surface area contributed by atoms with Crippen molar-refractivity contribution in [2.75, 3.05) is 30.4 Å². The summed E-state index contributed by atoms with van der Waals surface area (Å²) in [6.45, 7) is 9.69. The van der Waals surface area contributed by atoms with Gasteiger partial charge in [-0.2, -0.15) is 5.26 Å². The molecule has 1 spiro atoms. The van der Waals surface area contributed by atoms with Gasteiger partial charge in [0.25, 0.3) is 0 Å². The second-order valence-corrected chi connectivity index (χ2v) is 11.5. The first-order chi connectivity index (χ1) is 18.7. The fraction of sp³-hybridized carbons (Fsp3) is 0.500. The van der Waals surface area contributed by atoms with Gasteiger partial charge in [-0.25, -0.2) is 9.97 Å². The third-order valence-electron chi connectivity index (χ3n) is 9.21. The summed E-state index contributed by atoms with van der Waals surface area (Å²) in [4.78, 5) is 23.8. The number of ether oxygens (including phenoxy) is 1. The Hall–Kier alpha value is -3.66. The van der Waals surface area contributed by atoms with Crippen LogP contribution in [0.1, 0.15) is 80.9 Å². The Kier molecular flexibility index (Phi) is 7.48. The van der Waals surface area contributed by atoms with Crippen molar-refractivity contribution in [3.8, 4) is 11.8 Å². The Balaban J connectivity index is 1.42. The van der Waals surface area contributed by atoms with Crippen LogP contribution in [-0.4, -0.2) is 36.0 Å². The number of nitrogens with zero attached hydrogens (tertiary/aromatic N) is 4. The van der Waals surface area contributed by atoms with Crippen LogP contribution < -0.4 is 15.0 Å². The number of hydrogen-bond acceptors (Lipinski definition) is 7. The van der Waals surface area contributed by atoms with E-state index in [1.807, 2.05) is 32.0 Å². The monoisotopic (exact) mass is 525 g/mol. The molecule has 2 aliphatic rings. The van der Waals surface area contributed by atoms with Gasteiger partial charge in [0.1, 0.15) is 23.2 Å². The maximum Gasteiger partial charge on any atom is 0.144 e. The van der Waals surface area contributed by atoms with Gasteiger partial charge in [0, 0.05) is 30.5 Å². The Morgan fingerprint density at radius 2 is 1.87 bits per heavy atom. The van der Waals surface area contributed by atoms with Crippen molar-refractivity contribution < 1.29 is 9.53 Å². The van der Waals surface area contributed by atoms with E-state index in [-0.39, 0.29) is 12.0 Å². The molecular formula is C32H39N5O2. The van der Waals surface area contributed by atoms with Gasteiger partial charge in [-0.05, 0) is 94.9 Å². The topological polar surface area (TPSA) is 91.1 Å². The van der Waals surface area contributed by atoms with E-state index in [9.17, 15) is 10.1 Å². The van der Waals surface area contributed by atoms with E-state index in [0.29, 0.717) is 22.6 Å². The first kappa shape index (κ1) is 26.9. The third kappa shape index (κ3) is 5.30. The summed E-state index contributed by atoms with van der Waals surface area (Å²) in [6.07, 6.45) is 6.67. The number of piperidine rings is 1. The molecule has 0 radical (unpaired) electrons. The van der Waals surface area contributed by atoms with Crippen LogP contribution >= 0.6 is 0 Å². The summed E-state index contributed by atoms with van der Waals surface area (Å²) >= 11 is 0. The smallest absolute Gasteiger partial charge is 0.144 e. The summed E-state index contributed by atoms with van der Waals surface area (Å²) in [5.74, 6) is 2.92. The van der Waals surface area contributed by atoms with Crippen LogP contribution in [0.25, 0.3) is 10.9 Å². The summed E-state index contributed by atoms with van der Waals surface area (Å²) < 4.78 is 5.86. The molecule has 2 heterocycles. The number of aryl methyl sites for hydroxylation is 1. The molecule has 0 amide bonds. The lowest BCUT2D eigenvalue weighted by molar-refractivity contribution is -0.122. The number of carbonyl (C=O) groups excluding carboxylic acids is 1. The molecule has 1 atom stereocenters. The fourth-order valence-corrected chi connectivity index (χ4v) is 6.67. The molecule has 1 saturated heterocycles. The zero-order valence-electron chi connectivity index (χ0n) is 23.8. The molecule has 0 bridgehead atoms. The molecule has 5 rings (SSSR count). The van der Waals surface area contributed by atoms with Crippen LogP contribution in [0.2, 0.25) is 0 Å². The number of rotatable bonds is 6. The highest BCUT2D eigenvalue weighted by atomic mass is 16.5. The van der Waals surface area contributed by atoms with Crippen LogP contribution in [0.15, 0.2) is 30.3 Å². The lowest BCUT2D eigenvalue weighted by atomic mass is 9.65. The number of carbonyl (C=O) groups is 1. The summed E-state index contributed by atoms with van der Waals surface area (Å²) in [5.41, 5.74) is 5.03. The normalized spacial score (nSPS) is 18.1. The molecule has 0 unspecified atom stereocenters. The van der Waals surface area contributed by atoms with Gasteiger partial charge >= 0.3 is 0 Å². The molecule has 1 N–H and O–H groups in total. The van der Waals surface area contributed by atoms with Crippen molar-refractivity contribution in [1.29, 1.82) is 5.26 Å². The van der Waals surface area contributed by atoms with Crippen LogP contribution in [0.4, 0.5) is 11.5 Å². The predicted molar refractivity (Wildman–Crippen MR) is 155 cm³/mol. The molecular weight excluding hydrogens is 486 g/mol. The first-order valence-corrected chi connectivity index (χ1v) is 14.1. The second-order valence-electron chi connectivity index (χ2n) is 11.5.